The van der Waals surface area contributed by atoms with Gasteiger partial charge in [0, 0.05) is 12.1 Å². The van der Waals surface area contributed by atoms with Crippen LogP contribution in [0, 0.1) is 5.82 Å². The molecule has 2 heteroatoms. The highest BCUT2D eigenvalue weighted by molar-refractivity contribution is 5.87. The van der Waals surface area contributed by atoms with Crippen LogP contribution in [0.3, 0.4) is 0 Å². The highest BCUT2D eigenvalue weighted by Gasteiger charge is 2.06. The summed E-state index contributed by atoms with van der Waals surface area (Å²) in [5.41, 5.74) is 2.52. The average molecular weight is 265 g/mol. The van der Waals surface area contributed by atoms with E-state index in [1.807, 2.05) is 55.6 Å². The Morgan fingerprint density at radius 1 is 0.900 bits per heavy atom. The first-order valence-corrected chi connectivity index (χ1v) is 6.70. The average Bonchev–Trinajstić information content (AvgIpc) is 2.47. The quantitative estimate of drug-likeness (QED) is 0.741. The van der Waals surface area contributed by atoms with Crippen molar-refractivity contribution in [2.45, 2.75) is 6.54 Å². The maximum Gasteiger partial charge on any atom is 0.131 e. The standard InChI is InChI=1S/C18H16FN/c1-20-12-13-6-9-17(18(19)10-13)16-8-7-14-4-2-3-5-15(14)11-16/h2-11,20H,12H2,1H3. The molecule has 100 valence electrons. The van der Waals surface area contributed by atoms with E-state index in [1.54, 1.807) is 6.07 Å². The van der Waals surface area contributed by atoms with Crippen LogP contribution in [0.25, 0.3) is 21.9 Å². The third kappa shape index (κ3) is 2.43. The summed E-state index contributed by atoms with van der Waals surface area (Å²) < 4.78 is 14.2. The Labute approximate surface area is 118 Å². The Morgan fingerprint density at radius 2 is 1.70 bits per heavy atom. The van der Waals surface area contributed by atoms with Crippen LogP contribution >= 0.6 is 0 Å². The van der Waals surface area contributed by atoms with Gasteiger partial charge in [-0.2, -0.15) is 0 Å². The molecule has 1 N–H and O–H groups in total. The molecule has 0 aliphatic carbocycles. The van der Waals surface area contributed by atoms with Crippen molar-refractivity contribution in [3.63, 3.8) is 0 Å². The zero-order valence-corrected chi connectivity index (χ0v) is 11.4. The van der Waals surface area contributed by atoms with Crippen LogP contribution in [0.5, 0.6) is 0 Å². The number of nitrogens with one attached hydrogen (secondary N) is 1. The molecule has 0 amide bonds. The van der Waals surface area contributed by atoms with Gasteiger partial charge in [-0.05, 0) is 41.1 Å². The van der Waals surface area contributed by atoms with Crippen molar-refractivity contribution in [3.05, 3.63) is 72.0 Å². The van der Waals surface area contributed by atoms with Crippen LogP contribution < -0.4 is 5.32 Å². The molecule has 0 spiro atoms. The van der Waals surface area contributed by atoms with Gasteiger partial charge in [-0.1, -0.05) is 48.5 Å². The lowest BCUT2D eigenvalue weighted by molar-refractivity contribution is 0.627. The predicted molar refractivity (Wildman–Crippen MR) is 82.1 cm³/mol. The minimum atomic E-state index is -0.173. The molecule has 1 nitrogen and oxygen atoms in total. The number of fused-ring (bicyclic) bond motifs is 1. The molecule has 0 radical (unpaired) electrons. The van der Waals surface area contributed by atoms with Gasteiger partial charge in [-0.3, -0.25) is 0 Å². The molecule has 0 unspecified atom stereocenters. The third-order valence-corrected chi connectivity index (χ3v) is 3.47. The van der Waals surface area contributed by atoms with Crippen molar-refractivity contribution in [2.24, 2.45) is 0 Å². The number of hydrogen-bond acceptors (Lipinski definition) is 1. The minimum Gasteiger partial charge on any atom is -0.316 e. The zero-order valence-electron chi connectivity index (χ0n) is 11.4. The normalized spacial score (nSPS) is 10.9. The third-order valence-electron chi connectivity index (χ3n) is 3.47. The Balaban J connectivity index is 2.06. The van der Waals surface area contributed by atoms with Crippen LogP contribution in [0.4, 0.5) is 4.39 Å². The molecule has 0 atom stereocenters. The van der Waals surface area contributed by atoms with E-state index in [0.29, 0.717) is 12.1 Å². The van der Waals surface area contributed by atoms with Crippen molar-refractivity contribution in [2.75, 3.05) is 7.05 Å². The summed E-state index contributed by atoms with van der Waals surface area (Å²) in [6, 6.07) is 19.6. The lowest BCUT2D eigenvalue weighted by Crippen LogP contribution is -2.05. The fraction of sp³-hybridized carbons (Fsp3) is 0.111. The molecule has 0 saturated heterocycles. The Hall–Kier alpha value is -2.19. The molecule has 20 heavy (non-hydrogen) atoms. The zero-order chi connectivity index (χ0) is 13.9. The van der Waals surface area contributed by atoms with E-state index in [1.165, 1.54) is 5.39 Å². The molecular formula is C18H16FN. The van der Waals surface area contributed by atoms with E-state index >= 15 is 0 Å². The first kappa shape index (κ1) is 12.8. The molecule has 3 aromatic carbocycles. The molecule has 3 rings (SSSR count). The van der Waals surface area contributed by atoms with Crippen molar-refractivity contribution in [1.29, 1.82) is 0 Å². The van der Waals surface area contributed by atoms with E-state index in [4.69, 9.17) is 0 Å². The highest BCUT2D eigenvalue weighted by atomic mass is 19.1. The molecule has 3 aromatic rings. The van der Waals surface area contributed by atoms with Gasteiger partial charge in [0.1, 0.15) is 5.82 Å². The molecule has 0 fully saturated rings. The first-order valence-electron chi connectivity index (χ1n) is 6.70. The number of hydrogen-bond donors (Lipinski definition) is 1. The lowest BCUT2D eigenvalue weighted by Gasteiger charge is -2.08. The van der Waals surface area contributed by atoms with Gasteiger partial charge in [0.25, 0.3) is 0 Å². The van der Waals surface area contributed by atoms with Gasteiger partial charge in [-0.25, -0.2) is 4.39 Å². The monoisotopic (exact) mass is 265 g/mol. The SMILES string of the molecule is CNCc1ccc(-c2ccc3ccccc3c2)c(F)c1. The van der Waals surface area contributed by atoms with E-state index in [9.17, 15) is 4.39 Å². The van der Waals surface area contributed by atoms with Gasteiger partial charge in [0.05, 0.1) is 0 Å². The molecule has 0 saturated carbocycles. The van der Waals surface area contributed by atoms with Crippen LogP contribution in [-0.2, 0) is 6.54 Å². The summed E-state index contributed by atoms with van der Waals surface area (Å²) >= 11 is 0. The largest absolute Gasteiger partial charge is 0.316 e. The summed E-state index contributed by atoms with van der Waals surface area (Å²) in [5.74, 6) is -0.173. The minimum absolute atomic E-state index is 0.173. The topological polar surface area (TPSA) is 12.0 Å². The molecule has 0 aliphatic heterocycles. The summed E-state index contributed by atoms with van der Waals surface area (Å²) in [7, 11) is 1.86. The van der Waals surface area contributed by atoms with Crippen molar-refractivity contribution >= 4 is 10.8 Å². The smallest absolute Gasteiger partial charge is 0.131 e. The maximum absolute atomic E-state index is 14.2. The summed E-state index contributed by atoms with van der Waals surface area (Å²) in [5, 5.41) is 5.33. The van der Waals surface area contributed by atoms with Crippen molar-refractivity contribution in [1.82, 2.24) is 5.32 Å². The summed E-state index contributed by atoms with van der Waals surface area (Å²) in [6.45, 7) is 0.676. The lowest BCUT2D eigenvalue weighted by atomic mass is 10.00. The van der Waals surface area contributed by atoms with Crippen LogP contribution in [0.15, 0.2) is 60.7 Å². The molecule has 0 bridgehead atoms. The van der Waals surface area contributed by atoms with Gasteiger partial charge in [0.15, 0.2) is 0 Å². The number of benzene rings is 3. The Morgan fingerprint density at radius 3 is 2.45 bits per heavy atom. The van der Waals surface area contributed by atoms with Gasteiger partial charge >= 0.3 is 0 Å². The second-order valence-electron chi connectivity index (χ2n) is 4.91. The summed E-state index contributed by atoms with van der Waals surface area (Å²) in [6.07, 6.45) is 0. The fourth-order valence-corrected chi connectivity index (χ4v) is 2.46. The van der Waals surface area contributed by atoms with Crippen LogP contribution in [-0.4, -0.2) is 7.05 Å². The second-order valence-corrected chi connectivity index (χ2v) is 4.91. The van der Waals surface area contributed by atoms with Gasteiger partial charge in [0.2, 0.25) is 0 Å². The highest BCUT2D eigenvalue weighted by Crippen LogP contribution is 2.27. The van der Waals surface area contributed by atoms with Gasteiger partial charge in [-0.15, -0.1) is 0 Å². The maximum atomic E-state index is 14.2. The van der Waals surface area contributed by atoms with E-state index in [2.05, 4.69) is 11.4 Å². The van der Waals surface area contributed by atoms with E-state index in [0.717, 1.165) is 16.5 Å². The van der Waals surface area contributed by atoms with E-state index in [-0.39, 0.29) is 5.82 Å². The summed E-state index contributed by atoms with van der Waals surface area (Å²) in [4.78, 5) is 0. The fourth-order valence-electron chi connectivity index (χ4n) is 2.46. The van der Waals surface area contributed by atoms with Crippen molar-refractivity contribution < 1.29 is 4.39 Å². The van der Waals surface area contributed by atoms with E-state index < -0.39 is 0 Å². The molecule has 0 aromatic heterocycles. The van der Waals surface area contributed by atoms with Crippen LogP contribution in [0.2, 0.25) is 0 Å². The second kappa shape index (κ2) is 5.43. The Kier molecular flexibility index (Phi) is 3.48. The molecular weight excluding hydrogens is 249 g/mol. The van der Waals surface area contributed by atoms with Crippen molar-refractivity contribution in [3.8, 4) is 11.1 Å². The predicted octanol–water partition coefficient (Wildman–Crippen LogP) is 4.37. The van der Waals surface area contributed by atoms with Crippen LogP contribution in [0.1, 0.15) is 5.56 Å². The molecule has 0 heterocycles. The number of rotatable bonds is 3. The van der Waals surface area contributed by atoms with Gasteiger partial charge < -0.3 is 5.32 Å². The molecule has 0 aliphatic rings. The Bertz CT molecular complexity index is 749. The first-order chi connectivity index (χ1) is 9.78. The number of halogens is 1.